The number of hydrogen-bond donors (Lipinski definition) is 1. The summed E-state index contributed by atoms with van der Waals surface area (Å²) in [4.78, 5) is 43.6. The van der Waals surface area contributed by atoms with E-state index < -0.39 is 16.6 Å². The standard InChI is InChI=1S/C27H24N4O5/c32-25-27(13-15-30(16-14-27)26(33)36-18-19-7-3-1-4-8-19)29-24(20-9-5-2-6-10-20)22-17-21(31(34)35)11-12-23(22)28-25/h1-12,17H,13-16,18H2,(H,28,32). The van der Waals surface area contributed by atoms with E-state index in [1.54, 1.807) is 11.0 Å². The largest absolute Gasteiger partial charge is 0.445 e. The predicted molar refractivity (Wildman–Crippen MR) is 134 cm³/mol. The van der Waals surface area contributed by atoms with Crippen LogP contribution < -0.4 is 5.32 Å². The van der Waals surface area contributed by atoms with Gasteiger partial charge in [-0.2, -0.15) is 0 Å². The van der Waals surface area contributed by atoms with Gasteiger partial charge in [0.15, 0.2) is 0 Å². The molecule has 3 aromatic rings. The molecular weight excluding hydrogens is 460 g/mol. The molecular formula is C27H24N4O5. The van der Waals surface area contributed by atoms with Crippen LogP contribution in [0.5, 0.6) is 0 Å². The lowest BCUT2D eigenvalue weighted by molar-refractivity contribution is -0.384. The maximum atomic E-state index is 13.5. The van der Waals surface area contributed by atoms with E-state index in [0.717, 1.165) is 11.1 Å². The first-order chi connectivity index (χ1) is 17.4. The molecule has 2 heterocycles. The number of nitrogens with zero attached hydrogens (tertiary/aromatic N) is 3. The smallest absolute Gasteiger partial charge is 0.410 e. The number of benzene rings is 3. The van der Waals surface area contributed by atoms with Crippen molar-refractivity contribution in [2.75, 3.05) is 18.4 Å². The van der Waals surface area contributed by atoms with E-state index in [0.29, 0.717) is 42.9 Å². The van der Waals surface area contributed by atoms with Crippen LogP contribution in [0.15, 0.2) is 83.9 Å². The van der Waals surface area contributed by atoms with Crippen LogP contribution in [0.1, 0.15) is 29.5 Å². The van der Waals surface area contributed by atoms with Gasteiger partial charge in [0.1, 0.15) is 12.1 Å². The zero-order valence-electron chi connectivity index (χ0n) is 19.4. The third-order valence-electron chi connectivity index (χ3n) is 6.57. The average Bonchev–Trinajstić information content (AvgIpc) is 3.03. The first-order valence-electron chi connectivity index (χ1n) is 11.7. The van der Waals surface area contributed by atoms with E-state index in [-0.39, 0.29) is 18.2 Å². The highest BCUT2D eigenvalue weighted by Gasteiger charge is 2.45. The summed E-state index contributed by atoms with van der Waals surface area (Å²) in [6.07, 6.45) is 0.158. The monoisotopic (exact) mass is 484 g/mol. The number of piperidine rings is 1. The summed E-state index contributed by atoms with van der Waals surface area (Å²) in [6.45, 7) is 0.762. The zero-order chi connectivity index (χ0) is 25.1. The number of carbonyl (C=O) groups is 2. The van der Waals surface area contributed by atoms with Crippen LogP contribution in [0, 0.1) is 10.1 Å². The molecule has 0 aromatic heterocycles. The lowest BCUT2D eigenvalue weighted by atomic mass is 9.87. The van der Waals surface area contributed by atoms with Gasteiger partial charge in [-0.05, 0) is 24.5 Å². The normalized spacial score (nSPS) is 16.4. The Balaban J connectivity index is 1.42. The molecule has 1 fully saturated rings. The predicted octanol–water partition coefficient (Wildman–Crippen LogP) is 4.56. The highest BCUT2D eigenvalue weighted by atomic mass is 16.6. The number of rotatable bonds is 4. The Bertz CT molecular complexity index is 1330. The molecule has 1 spiro atoms. The van der Waals surface area contributed by atoms with Gasteiger partial charge in [-0.3, -0.25) is 19.9 Å². The number of ether oxygens (including phenoxy) is 1. The van der Waals surface area contributed by atoms with Gasteiger partial charge in [-0.15, -0.1) is 0 Å². The Morgan fingerprint density at radius 3 is 2.36 bits per heavy atom. The quantitative estimate of drug-likeness (QED) is 0.431. The number of carbonyl (C=O) groups excluding carboxylic acids is 2. The topological polar surface area (TPSA) is 114 Å². The Labute approximate surface area is 207 Å². The van der Waals surface area contributed by atoms with E-state index in [9.17, 15) is 19.7 Å². The maximum Gasteiger partial charge on any atom is 0.410 e. The van der Waals surface area contributed by atoms with Crippen LogP contribution in [0.3, 0.4) is 0 Å². The van der Waals surface area contributed by atoms with Gasteiger partial charge in [0.05, 0.1) is 16.3 Å². The van der Waals surface area contributed by atoms with Crippen molar-refractivity contribution < 1.29 is 19.2 Å². The van der Waals surface area contributed by atoms with Crippen molar-refractivity contribution in [3.63, 3.8) is 0 Å². The van der Waals surface area contributed by atoms with Gasteiger partial charge in [0, 0.05) is 36.3 Å². The molecule has 9 nitrogen and oxygen atoms in total. The van der Waals surface area contributed by atoms with E-state index in [1.165, 1.54) is 12.1 Å². The molecule has 1 N–H and O–H groups in total. The van der Waals surface area contributed by atoms with Crippen molar-refractivity contribution in [2.24, 2.45) is 4.99 Å². The van der Waals surface area contributed by atoms with Crippen LogP contribution in [0.2, 0.25) is 0 Å². The number of nitrogens with one attached hydrogen (secondary N) is 1. The van der Waals surface area contributed by atoms with Crippen LogP contribution in [-0.2, 0) is 16.1 Å². The van der Waals surface area contributed by atoms with E-state index >= 15 is 0 Å². The molecule has 5 rings (SSSR count). The van der Waals surface area contributed by atoms with E-state index in [2.05, 4.69) is 5.32 Å². The summed E-state index contributed by atoms with van der Waals surface area (Å²) < 4.78 is 5.46. The fraction of sp³-hybridized carbons (Fsp3) is 0.222. The Kier molecular flexibility index (Phi) is 6.20. The minimum Gasteiger partial charge on any atom is -0.445 e. The van der Waals surface area contributed by atoms with Crippen molar-refractivity contribution in [1.29, 1.82) is 0 Å². The number of nitro benzene ring substituents is 1. The summed E-state index contributed by atoms with van der Waals surface area (Å²) >= 11 is 0. The minimum atomic E-state index is -1.12. The summed E-state index contributed by atoms with van der Waals surface area (Å²) in [7, 11) is 0. The Morgan fingerprint density at radius 2 is 1.69 bits per heavy atom. The molecule has 2 aliphatic heterocycles. The summed E-state index contributed by atoms with van der Waals surface area (Å²) in [5.41, 5.74) is 1.91. The van der Waals surface area contributed by atoms with Crippen molar-refractivity contribution in [1.82, 2.24) is 4.90 Å². The second kappa shape index (κ2) is 9.61. The number of nitro groups is 1. The molecule has 182 valence electrons. The van der Waals surface area contributed by atoms with Crippen molar-refractivity contribution in [2.45, 2.75) is 25.0 Å². The lowest BCUT2D eigenvalue weighted by Crippen LogP contribution is -2.51. The Morgan fingerprint density at radius 1 is 1.03 bits per heavy atom. The number of fused-ring (bicyclic) bond motifs is 1. The molecule has 3 aromatic carbocycles. The van der Waals surface area contributed by atoms with Gasteiger partial charge >= 0.3 is 6.09 Å². The summed E-state index contributed by atoms with van der Waals surface area (Å²) in [5, 5.41) is 14.4. The molecule has 0 saturated carbocycles. The molecule has 0 unspecified atom stereocenters. The van der Waals surface area contributed by atoms with E-state index in [4.69, 9.17) is 9.73 Å². The fourth-order valence-corrected chi connectivity index (χ4v) is 4.54. The molecule has 1 saturated heterocycles. The van der Waals surface area contributed by atoms with Crippen LogP contribution in [0.4, 0.5) is 16.2 Å². The summed E-state index contributed by atoms with van der Waals surface area (Å²) in [6, 6.07) is 23.1. The SMILES string of the molecule is O=C(OCc1ccccc1)N1CCC2(CC1)N=C(c1ccccc1)c1cc([N+](=O)[O-])ccc1NC2=O. The van der Waals surface area contributed by atoms with Gasteiger partial charge in [-0.25, -0.2) is 4.79 Å². The number of non-ortho nitro benzene ring substituents is 1. The Hall–Kier alpha value is -4.53. The molecule has 2 amide bonds. The number of likely N-dealkylation sites (tertiary alicyclic amines) is 1. The molecule has 0 radical (unpaired) electrons. The number of amides is 2. The van der Waals surface area contributed by atoms with Crippen molar-refractivity contribution in [3.8, 4) is 0 Å². The van der Waals surface area contributed by atoms with Gasteiger partial charge in [0.2, 0.25) is 0 Å². The maximum absolute atomic E-state index is 13.5. The summed E-state index contributed by atoms with van der Waals surface area (Å²) in [5.74, 6) is -0.291. The first-order valence-corrected chi connectivity index (χ1v) is 11.7. The molecule has 36 heavy (non-hydrogen) atoms. The number of anilines is 1. The lowest BCUT2D eigenvalue weighted by Gasteiger charge is -2.37. The van der Waals surface area contributed by atoms with Crippen LogP contribution in [-0.4, -0.2) is 46.2 Å². The third-order valence-corrected chi connectivity index (χ3v) is 6.57. The first kappa shape index (κ1) is 23.2. The van der Waals surface area contributed by atoms with Crippen molar-refractivity contribution in [3.05, 3.63) is 106 Å². The number of hydrogen-bond acceptors (Lipinski definition) is 6. The molecule has 0 atom stereocenters. The second-order valence-electron chi connectivity index (χ2n) is 8.83. The second-order valence-corrected chi connectivity index (χ2v) is 8.83. The average molecular weight is 485 g/mol. The molecule has 2 aliphatic rings. The van der Waals surface area contributed by atoms with Gasteiger partial charge in [0.25, 0.3) is 11.6 Å². The molecule has 0 aliphatic carbocycles. The van der Waals surface area contributed by atoms with E-state index in [1.807, 2.05) is 60.7 Å². The highest BCUT2D eigenvalue weighted by molar-refractivity contribution is 6.20. The third kappa shape index (κ3) is 4.55. The van der Waals surface area contributed by atoms with Gasteiger partial charge < -0.3 is 15.0 Å². The zero-order valence-corrected chi connectivity index (χ0v) is 19.4. The van der Waals surface area contributed by atoms with Crippen LogP contribution in [0.25, 0.3) is 0 Å². The van der Waals surface area contributed by atoms with Crippen molar-refractivity contribution >= 4 is 29.1 Å². The number of aliphatic imine (C=N–C) groups is 1. The van der Waals surface area contributed by atoms with Gasteiger partial charge in [-0.1, -0.05) is 60.7 Å². The molecule has 9 heteroatoms. The fourth-order valence-electron chi connectivity index (χ4n) is 4.54. The minimum absolute atomic E-state index is 0.0847. The highest BCUT2D eigenvalue weighted by Crippen LogP contribution is 2.36. The molecule has 0 bridgehead atoms. The van der Waals surface area contributed by atoms with Crippen LogP contribution >= 0.6 is 0 Å².